The van der Waals surface area contributed by atoms with Crippen molar-refractivity contribution in [3.63, 3.8) is 0 Å². The van der Waals surface area contributed by atoms with Crippen molar-refractivity contribution in [2.75, 3.05) is 20.2 Å². The summed E-state index contributed by atoms with van der Waals surface area (Å²) in [6, 6.07) is 9.11. The molecule has 2 aromatic carbocycles. The van der Waals surface area contributed by atoms with Gasteiger partial charge < -0.3 is 15.0 Å². The fraction of sp³-hybridized carbons (Fsp3) is 0.464. The maximum Gasteiger partial charge on any atom is 0.397 e. The van der Waals surface area contributed by atoms with Crippen molar-refractivity contribution in [2.45, 2.75) is 63.8 Å². The molecule has 0 aliphatic carbocycles. The SMILES string of the molecule is COCc1ccc(C(NC(=O)CC(F)(F)F)C(=O)Cc2ccc(C(C)(C)C(=O)N3CCCC3)c(F)c2)cc1. The number of nitrogens with one attached hydrogen (secondary N) is 1. The Morgan fingerprint density at radius 2 is 1.61 bits per heavy atom. The highest BCUT2D eigenvalue weighted by atomic mass is 19.4. The standard InChI is InChI=1S/C28H32F4N2O4/c1-27(2,26(37)34-12-4-5-13-34)21-11-8-19(14-22(21)29)15-23(35)25(33-24(36)16-28(30,31)32)20-9-6-18(7-10-20)17-38-3/h6-11,14,25H,4-5,12-13,15-17H2,1-3H3,(H,33,36). The molecule has 1 atom stereocenters. The van der Waals surface area contributed by atoms with Crippen LogP contribution < -0.4 is 5.32 Å². The van der Waals surface area contributed by atoms with Gasteiger partial charge in [0.25, 0.3) is 0 Å². The summed E-state index contributed by atoms with van der Waals surface area (Å²) in [5.74, 6) is -2.79. The summed E-state index contributed by atoms with van der Waals surface area (Å²) in [5, 5.41) is 2.17. The lowest BCUT2D eigenvalue weighted by Crippen LogP contribution is -2.42. The summed E-state index contributed by atoms with van der Waals surface area (Å²) in [5.41, 5.74) is 0.406. The van der Waals surface area contributed by atoms with Crippen LogP contribution >= 0.6 is 0 Å². The van der Waals surface area contributed by atoms with Gasteiger partial charge in [0, 0.05) is 32.2 Å². The van der Waals surface area contributed by atoms with Crippen molar-refractivity contribution in [1.82, 2.24) is 10.2 Å². The Balaban J connectivity index is 1.82. The predicted octanol–water partition coefficient (Wildman–Crippen LogP) is 4.79. The first-order chi connectivity index (χ1) is 17.8. The van der Waals surface area contributed by atoms with Crippen molar-refractivity contribution in [1.29, 1.82) is 0 Å². The van der Waals surface area contributed by atoms with Gasteiger partial charge in [-0.2, -0.15) is 13.2 Å². The van der Waals surface area contributed by atoms with Crippen LogP contribution in [-0.4, -0.2) is 48.9 Å². The second-order valence-electron chi connectivity index (χ2n) is 10.0. The number of methoxy groups -OCH3 is 1. The first-order valence-electron chi connectivity index (χ1n) is 12.4. The molecule has 0 bridgehead atoms. The predicted molar refractivity (Wildman–Crippen MR) is 133 cm³/mol. The maximum absolute atomic E-state index is 15.2. The number of halogens is 4. The fourth-order valence-electron chi connectivity index (χ4n) is 4.63. The number of benzene rings is 2. The molecule has 1 heterocycles. The van der Waals surface area contributed by atoms with Crippen LogP contribution in [0.5, 0.6) is 0 Å². The van der Waals surface area contributed by atoms with E-state index in [2.05, 4.69) is 5.32 Å². The van der Waals surface area contributed by atoms with E-state index in [1.807, 2.05) is 0 Å². The summed E-state index contributed by atoms with van der Waals surface area (Å²) in [4.78, 5) is 39.9. The number of carbonyl (C=O) groups is 3. The fourth-order valence-corrected chi connectivity index (χ4v) is 4.63. The lowest BCUT2D eigenvalue weighted by atomic mass is 9.82. The molecule has 1 fully saturated rings. The number of Topliss-reactive ketones (excluding diaryl/α,β-unsaturated/α-hetero) is 1. The van der Waals surface area contributed by atoms with Crippen molar-refractivity contribution in [3.05, 3.63) is 70.5 Å². The summed E-state index contributed by atoms with van der Waals surface area (Å²) in [6.45, 7) is 4.85. The van der Waals surface area contributed by atoms with E-state index in [4.69, 9.17) is 4.74 Å². The van der Waals surface area contributed by atoms with E-state index in [9.17, 15) is 27.6 Å². The molecule has 0 saturated carbocycles. The van der Waals surface area contributed by atoms with E-state index >= 15 is 4.39 Å². The number of hydrogen-bond acceptors (Lipinski definition) is 4. The molecular formula is C28H32F4N2O4. The second kappa shape index (κ2) is 12.1. The average molecular weight is 537 g/mol. The lowest BCUT2D eigenvalue weighted by molar-refractivity contribution is -0.155. The van der Waals surface area contributed by atoms with Gasteiger partial charge in [-0.05, 0) is 49.4 Å². The zero-order valence-corrected chi connectivity index (χ0v) is 21.7. The molecule has 1 aliphatic rings. The van der Waals surface area contributed by atoms with Gasteiger partial charge in [0.15, 0.2) is 5.78 Å². The highest BCUT2D eigenvalue weighted by molar-refractivity contribution is 5.92. The number of hydrogen-bond donors (Lipinski definition) is 1. The molecule has 206 valence electrons. The Hall–Kier alpha value is -3.27. The van der Waals surface area contributed by atoms with E-state index < -0.39 is 41.6 Å². The average Bonchev–Trinajstić information content (AvgIpc) is 3.36. The number of amides is 2. The molecular weight excluding hydrogens is 504 g/mol. The van der Waals surface area contributed by atoms with Gasteiger partial charge in [-0.1, -0.05) is 36.4 Å². The number of rotatable bonds is 10. The van der Waals surface area contributed by atoms with Crippen LogP contribution in [0.4, 0.5) is 17.6 Å². The summed E-state index contributed by atoms with van der Waals surface area (Å²) < 4.78 is 58.5. The summed E-state index contributed by atoms with van der Waals surface area (Å²) >= 11 is 0. The molecule has 0 spiro atoms. The van der Waals surface area contributed by atoms with E-state index in [0.29, 0.717) is 25.3 Å². The first-order valence-corrected chi connectivity index (χ1v) is 12.4. The molecule has 6 nitrogen and oxygen atoms in total. The minimum atomic E-state index is -4.74. The minimum absolute atomic E-state index is 0.179. The van der Waals surface area contributed by atoms with E-state index in [1.54, 1.807) is 30.9 Å². The van der Waals surface area contributed by atoms with Crippen LogP contribution in [0.3, 0.4) is 0 Å². The van der Waals surface area contributed by atoms with Gasteiger partial charge in [0.2, 0.25) is 11.8 Å². The Morgan fingerprint density at radius 3 is 2.16 bits per heavy atom. The molecule has 1 saturated heterocycles. The monoisotopic (exact) mass is 536 g/mol. The third kappa shape index (κ3) is 7.40. The molecule has 10 heteroatoms. The van der Waals surface area contributed by atoms with Crippen molar-refractivity contribution >= 4 is 17.6 Å². The third-order valence-corrected chi connectivity index (χ3v) is 6.63. The summed E-state index contributed by atoms with van der Waals surface area (Å²) in [7, 11) is 1.51. The van der Waals surface area contributed by atoms with Gasteiger partial charge in [0.1, 0.15) is 18.3 Å². The normalized spacial score (nSPS) is 14.9. The molecule has 1 aliphatic heterocycles. The number of carbonyl (C=O) groups excluding carboxylic acids is 3. The number of ketones is 1. The number of alkyl halides is 3. The topological polar surface area (TPSA) is 75.7 Å². The maximum atomic E-state index is 15.2. The molecule has 38 heavy (non-hydrogen) atoms. The Bertz CT molecular complexity index is 1160. The smallest absolute Gasteiger partial charge is 0.380 e. The van der Waals surface area contributed by atoms with E-state index in [0.717, 1.165) is 24.5 Å². The Kier molecular flexibility index (Phi) is 9.30. The van der Waals surface area contributed by atoms with Crippen LogP contribution in [0.2, 0.25) is 0 Å². The zero-order valence-electron chi connectivity index (χ0n) is 21.7. The lowest BCUT2D eigenvalue weighted by Gasteiger charge is -2.30. The van der Waals surface area contributed by atoms with E-state index in [1.165, 1.54) is 31.4 Å². The van der Waals surface area contributed by atoms with Gasteiger partial charge in [-0.15, -0.1) is 0 Å². The summed E-state index contributed by atoms with van der Waals surface area (Å²) in [6.07, 6.45) is -5.00. The van der Waals surface area contributed by atoms with Gasteiger partial charge >= 0.3 is 6.18 Å². The molecule has 3 rings (SSSR count). The quantitative estimate of drug-likeness (QED) is 0.443. The van der Waals surface area contributed by atoms with Crippen LogP contribution in [0, 0.1) is 5.82 Å². The molecule has 0 aromatic heterocycles. The van der Waals surface area contributed by atoms with Gasteiger partial charge in [-0.25, -0.2) is 4.39 Å². The van der Waals surface area contributed by atoms with Crippen LogP contribution in [0.1, 0.15) is 61.4 Å². The van der Waals surface area contributed by atoms with Crippen molar-refractivity contribution < 1.29 is 36.7 Å². The van der Waals surface area contributed by atoms with Crippen LogP contribution in [0.25, 0.3) is 0 Å². The molecule has 1 unspecified atom stereocenters. The molecule has 2 aromatic rings. The van der Waals surface area contributed by atoms with Gasteiger partial charge in [-0.3, -0.25) is 14.4 Å². The largest absolute Gasteiger partial charge is 0.397 e. The number of likely N-dealkylation sites (tertiary alicyclic amines) is 1. The van der Waals surface area contributed by atoms with Crippen LogP contribution in [0.15, 0.2) is 42.5 Å². The molecule has 1 N–H and O–H groups in total. The number of ether oxygens (including phenoxy) is 1. The first kappa shape index (κ1) is 29.3. The highest BCUT2D eigenvalue weighted by Gasteiger charge is 2.37. The number of nitrogens with zero attached hydrogens (tertiary/aromatic N) is 1. The highest BCUT2D eigenvalue weighted by Crippen LogP contribution is 2.31. The third-order valence-electron chi connectivity index (χ3n) is 6.63. The van der Waals surface area contributed by atoms with Crippen LogP contribution in [-0.2, 0) is 37.6 Å². The second-order valence-corrected chi connectivity index (χ2v) is 10.0. The Morgan fingerprint density at radius 1 is 1.00 bits per heavy atom. The van der Waals surface area contributed by atoms with Crippen molar-refractivity contribution in [3.8, 4) is 0 Å². The van der Waals surface area contributed by atoms with Gasteiger partial charge in [0.05, 0.1) is 12.0 Å². The Labute approximate surface area is 219 Å². The van der Waals surface area contributed by atoms with E-state index in [-0.39, 0.29) is 23.5 Å². The zero-order chi connectivity index (χ0) is 28.1. The molecule has 2 amide bonds. The molecule has 0 radical (unpaired) electrons. The van der Waals surface area contributed by atoms with Crippen molar-refractivity contribution in [2.24, 2.45) is 0 Å². The minimum Gasteiger partial charge on any atom is -0.380 e.